The SMILES string of the molecule is C=CCC(O)/C=C(\Sc1ccc(OC)cc1)c1ccccc1. The van der Waals surface area contributed by atoms with Gasteiger partial charge < -0.3 is 9.84 Å². The van der Waals surface area contributed by atoms with Crippen LogP contribution < -0.4 is 4.74 Å². The molecule has 0 amide bonds. The van der Waals surface area contributed by atoms with Gasteiger partial charge in [-0.1, -0.05) is 48.2 Å². The zero-order valence-electron chi connectivity index (χ0n) is 12.6. The highest BCUT2D eigenvalue weighted by Crippen LogP contribution is 2.35. The number of aliphatic hydroxyl groups excluding tert-OH is 1. The van der Waals surface area contributed by atoms with Crippen molar-refractivity contribution < 1.29 is 9.84 Å². The van der Waals surface area contributed by atoms with E-state index in [4.69, 9.17) is 4.74 Å². The summed E-state index contributed by atoms with van der Waals surface area (Å²) in [5.74, 6) is 0.835. The molecule has 22 heavy (non-hydrogen) atoms. The molecule has 0 aliphatic heterocycles. The van der Waals surface area contributed by atoms with Crippen LogP contribution in [0.15, 0.2) is 78.2 Å². The van der Waals surface area contributed by atoms with Crippen molar-refractivity contribution in [2.45, 2.75) is 17.4 Å². The molecular weight excluding hydrogens is 292 g/mol. The first-order valence-corrected chi connectivity index (χ1v) is 7.92. The van der Waals surface area contributed by atoms with Crippen LogP contribution in [0.5, 0.6) is 5.75 Å². The number of hydrogen-bond acceptors (Lipinski definition) is 3. The molecule has 3 heteroatoms. The quantitative estimate of drug-likeness (QED) is 0.590. The highest BCUT2D eigenvalue weighted by atomic mass is 32.2. The monoisotopic (exact) mass is 312 g/mol. The Morgan fingerprint density at radius 1 is 1.18 bits per heavy atom. The summed E-state index contributed by atoms with van der Waals surface area (Å²) >= 11 is 1.63. The third-order valence-corrected chi connectivity index (χ3v) is 4.20. The van der Waals surface area contributed by atoms with Gasteiger partial charge in [0.25, 0.3) is 0 Å². The maximum absolute atomic E-state index is 10.1. The van der Waals surface area contributed by atoms with Crippen LogP contribution in [0.2, 0.25) is 0 Å². The summed E-state index contributed by atoms with van der Waals surface area (Å²) in [4.78, 5) is 2.13. The highest BCUT2D eigenvalue weighted by molar-refractivity contribution is 8.08. The molecule has 0 fully saturated rings. The number of aliphatic hydroxyl groups is 1. The van der Waals surface area contributed by atoms with Crippen molar-refractivity contribution in [3.63, 3.8) is 0 Å². The maximum atomic E-state index is 10.1. The zero-order chi connectivity index (χ0) is 15.8. The number of methoxy groups -OCH3 is 1. The molecule has 0 spiro atoms. The van der Waals surface area contributed by atoms with Gasteiger partial charge in [-0.3, -0.25) is 0 Å². The van der Waals surface area contributed by atoms with Gasteiger partial charge in [-0.25, -0.2) is 0 Å². The molecule has 0 radical (unpaired) electrons. The lowest BCUT2D eigenvalue weighted by atomic mass is 10.1. The fourth-order valence-electron chi connectivity index (χ4n) is 1.98. The van der Waals surface area contributed by atoms with E-state index in [9.17, 15) is 5.11 Å². The van der Waals surface area contributed by atoms with Gasteiger partial charge in [0.2, 0.25) is 0 Å². The molecule has 0 aromatic heterocycles. The Morgan fingerprint density at radius 2 is 1.86 bits per heavy atom. The van der Waals surface area contributed by atoms with E-state index in [1.54, 1.807) is 24.9 Å². The summed E-state index contributed by atoms with van der Waals surface area (Å²) in [5.41, 5.74) is 1.09. The number of thioether (sulfide) groups is 1. The van der Waals surface area contributed by atoms with E-state index < -0.39 is 6.10 Å². The third kappa shape index (κ3) is 4.79. The smallest absolute Gasteiger partial charge is 0.118 e. The van der Waals surface area contributed by atoms with Gasteiger partial charge in [-0.2, -0.15) is 0 Å². The minimum Gasteiger partial charge on any atom is -0.497 e. The van der Waals surface area contributed by atoms with Crippen LogP contribution in [0, 0.1) is 0 Å². The van der Waals surface area contributed by atoms with E-state index in [0.717, 1.165) is 21.1 Å². The maximum Gasteiger partial charge on any atom is 0.118 e. The first-order chi connectivity index (χ1) is 10.7. The Bertz CT molecular complexity index is 618. The topological polar surface area (TPSA) is 29.5 Å². The molecule has 0 bridgehead atoms. The first-order valence-electron chi connectivity index (χ1n) is 7.11. The normalized spacial score (nSPS) is 12.7. The van der Waals surface area contributed by atoms with Crippen molar-refractivity contribution in [3.8, 4) is 5.75 Å². The van der Waals surface area contributed by atoms with Gasteiger partial charge in [0.1, 0.15) is 5.75 Å². The number of rotatable bonds is 7. The Morgan fingerprint density at radius 3 is 2.45 bits per heavy atom. The molecule has 0 heterocycles. The third-order valence-electron chi connectivity index (χ3n) is 3.10. The summed E-state index contributed by atoms with van der Waals surface area (Å²) in [5, 5.41) is 10.1. The second-order valence-electron chi connectivity index (χ2n) is 4.77. The van der Waals surface area contributed by atoms with Crippen molar-refractivity contribution in [2.75, 3.05) is 7.11 Å². The minimum absolute atomic E-state index is 0.529. The average molecular weight is 312 g/mol. The molecule has 0 saturated heterocycles. The van der Waals surface area contributed by atoms with Gasteiger partial charge in [0.05, 0.1) is 13.2 Å². The van der Waals surface area contributed by atoms with Crippen LogP contribution in [0.25, 0.3) is 4.91 Å². The van der Waals surface area contributed by atoms with Gasteiger partial charge in [0, 0.05) is 9.80 Å². The molecule has 0 saturated carbocycles. The van der Waals surface area contributed by atoms with Crippen LogP contribution in [0.4, 0.5) is 0 Å². The Balaban J connectivity index is 2.25. The van der Waals surface area contributed by atoms with Crippen LogP contribution in [-0.4, -0.2) is 18.3 Å². The van der Waals surface area contributed by atoms with Crippen LogP contribution in [0.3, 0.4) is 0 Å². The number of ether oxygens (including phenoxy) is 1. The minimum atomic E-state index is -0.529. The van der Waals surface area contributed by atoms with Crippen LogP contribution >= 0.6 is 11.8 Å². The molecule has 2 aromatic rings. The fourth-order valence-corrected chi connectivity index (χ4v) is 2.98. The highest BCUT2D eigenvalue weighted by Gasteiger charge is 2.07. The number of benzene rings is 2. The Hall–Kier alpha value is -1.97. The van der Waals surface area contributed by atoms with Crippen molar-refractivity contribution >= 4 is 16.7 Å². The van der Waals surface area contributed by atoms with Gasteiger partial charge >= 0.3 is 0 Å². The lowest BCUT2D eigenvalue weighted by Crippen LogP contribution is -2.00. The fraction of sp³-hybridized carbons (Fsp3) is 0.158. The average Bonchev–Trinajstić information content (AvgIpc) is 2.56. The van der Waals surface area contributed by atoms with Gasteiger partial charge in [0.15, 0.2) is 0 Å². The second-order valence-corrected chi connectivity index (χ2v) is 5.88. The summed E-state index contributed by atoms with van der Waals surface area (Å²) in [6, 6.07) is 18.0. The molecule has 2 nitrogen and oxygen atoms in total. The summed E-state index contributed by atoms with van der Waals surface area (Å²) in [6.07, 6.45) is 3.62. The predicted octanol–water partition coefficient (Wildman–Crippen LogP) is 4.77. The summed E-state index contributed by atoms with van der Waals surface area (Å²) < 4.78 is 5.18. The predicted molar refractivity (Wildman–Crippen MR) is 94.1 cm³/mol. The van der Waals surface area contributed by atoms with Gasteiger partial charge in [-0.05, 0) is 42.3 Å². The Kier molecular flexibility index (Phi) is 6.31. The van der Waals surface area contributed by atoms with E-state index in [2.05, 4.69) is 6.58 Å². The van der Waals surface area contributed by atoms with Crippen molar-refractivity contribution in [1.29, 1.82) is 0 Å². The van der Waals surface area contributed by atoms with E-state index in [-0.39, 0.29) is 0 Å². The zero-order valence-corrected chi connectivity index (χ0v) is 13.4. The second kappa shape index (κ2) is 8.47. The summed E-state index contributed by atoms with van der Waals surface area (Å²) in [6.45, 7) is 3.67. The van der Waals surface area contributed by atoms with E-state index in [1.807, 2.05) is 60.7 Å². The molecule has 1 N–H and O–H groups in total. The standard InChI is InChI=1S/C19H20O2S/c1-3-7-16(20)14-19(15-8-5-4-6-9-15)22-18-12-10-17(21-2)11-13-18/h3-6,8-14,16,20H,1,7H2,2H3/b19-14-. The molecule has 2 rings (SSSR count). The Labute approximate surface area is 136 Å². The lowest BCUT2D eigenvalue weighted by Gasteiger charge is -2.11. The van der Waals surface area contributed by atoms with Crippen LogP contribution in [0.1, 0.15) is 12.0 Å². The molecule has 2 aromatic carbocycles. The van der Waals surface area contributed by atoms with Crippen LogP contribution in [-0.2, 0) is 0 Å². The van der Waals surface area contributed by atoms with E-state index >= 15 is 0 Å². The lowest BCUT2D eigenvalue weighted by molar-refractivity contribution is 0.228. The molecule has 1 atom stereocenters. The van der Waals surface area contributed by atoms with Gasteiger partial charge in [-0.15, -0.1) is 6.58 Å². The van der Waals surface area contributed by atoms with Crippen molar-refractivity contribution in [3.05, 3.63) is 78.9 Å². The first kappa shape index (κ1) is 16.4. The van der Waals surface area contributed by atoms with Crippen molar-refractivity contribution in [1.82, 2.24) is 0 Å². The van der Waals surface area contributed by atoms with Crippen molar-refractivity contribution in [2.24, 2.45) is 0 Å². The molecule has 1 unspecified atom stereocenters. The number of hydrogen-bond donors (Lipinski definition) is 1. The molecule has 114 valence electrons. The molecule has 0 aliphatic carbocycles. The van der Waals surface area contributed by atoms with E-state index in [0.29, 0.717) is 6.42 Å². The summed E-state index contributed by atoms with van der Waals surface area (Å²) in [7, 11) is 1.66. The van der Waals surface area contributed by atoms with E-state index in [1.165, 1.54) is 0 Å². The molecule has 0 aliphatic rings. The largest absolute Gasteiger partial charge is 0.497 e. The molecular formula is C19H20O2S.